The lowest BCUT2D eigenvalue weighted by molar-refractivity contribution is 0.00979. The summed E-state index contributed by atoms with van der Waals surface area (Å²) in [7, 11) is 5.51. The summed E-state index contributed by atoms with van der Waals surface area (Å²) in [6.45, 7) is 2.51. The lowest BCUT2D eigenvalue weighted by Gasteiger charge is -2.54. The van der Waals surface area contributed by atoms with Crippen LogP contribution in [-0.2, 0) is 0 Å². The Morgan fingerprint density at radius 3 is 2.44 bits per heavy atom. The summed E-state index contributed by atoms with van der Waals surface area (Å²) >= 11 is 0. The van der Waals surface area contributed by atoms with Gasteiger partial charge in [-0.25, -0.2) is 0 Å². The highest BCUT2D eigenvalue weighted by Crippen LogP contribution is 2.49. The highest BCUT2D eigenvalue weighted by molar-refractivity contribution is 6.08. The Balaban J connectivity index is 1.82. The molecule has 2 aliphatic rings. The molecule has 1 spiro atoms. The number of hydrogen-bond donors (Lipinski definition) is 1. The Hall–Kier alpha value is 0.0249. The van der Waals surface area contributed by atoms with Gasteiger partial charge in [0.05, 0.1) is 7.85 Å². The Morgan fingerprint density at radius 2 is 2.11 bits per heavy atom. The molecule has 1 aliphatic carbocycles. The second kappa shape index (κ2) is 1.75. The smallest absolute Gasteiger partial charge is 0.0656 e. The molecule has 9 heavy (non-hydrogen) atoms. The van der Waals surface area contributed by atoms with E-state index in [0.717, 1.165) is 17.7 Å². The van der Waals surface area contributed by atoms with Crippen LogP contribution in [-0.4, -0.2) is 20.9 Å². The monoisotopic (exact) mass is 121 g/mol. The van der Waals surface area contributed by atoms with Gasteiger partial charge in [-0.2, -0.15) is 0 Å². The molecule has 0 aromatic carbocycles. The normalized spacial score (nSPS) is 31.6. The highest BCUT2D eigenvalue weighted by atomic mass is 15.0. The Kier molecular flexibility index (Phi) is 1.13. The van der Waals surface area contributed by atoms with Crippen LogP contribution in [0.4, 0.5) is 0 Å². The van der Waals surface area contributed by atoms with Gasteiger partial charge in [0, 0.05) is 13.1 Å². The van der Waals surface area contributed by atoms with Crippen LogP contribution in [0, 0.1) is 11.3 Å². The molecule has 0 aromatic rings. The standard InChI is InChI=1S/C7H12BN/c8-3-6-1-7(2-6)4-9-5-7/h6,9H,1-5H2. The van der Waals surface area contributed by atoms with Crippen molar-refractivity contribution in [2.45, 2.75) is 19.2 Å². The van der Waals surface area contributed by atoms with Crippen LogP contribution in [0.2, 0.25) is 6.32 Å². The van der Waals surface area contributed by atoms with Crippen LogP contribution in [0.3, 0.4) is 0 Å². The molecule has 1 aliphatic heterocycles. The van der Waals surface area contributed by atoms with Crippen molar-refractivity contribution in [3.63, 3.8) is 0 Å². The van der Waals surface area contributed by atoms with Crippen molar-refractivity contribution < 1.29 is 0 Å². The van der Waals surface area contributed by atoms with Gasteiger partial charge < -0.3 is 5.32 Å². The molecule has 1 N–H and O–H groups in total. The van der Waals surface area contributed by atoms with Gasteiger partial charge in [-0.3, -0.25) is 0 Å². The summed E-state index contributed by atoms with van der Waals surface area (Å²) in [5, 5.41) is 3.31. The zero-order chi connectivity index (χ0) is 6.32. The average Bonchev–Trinajstić information content (AvgIpc) is 1.59. The van der Waals surface area contributed by atoms with Gasteiger partial charge in [0.2, 0.25) is 0 Å². The summed E-state index contributed by atoms with van der Waals surface area (Å²) < 4.78 is 0. The first-order valence-corrected chi connectivity index (χ1v) is 3.75. The van der Waals surface area contributed by atoms with E-state index in [0.29, 0.717) is 0 Å². The fraction of sp³-hybridized carbons (Fsp3) is 1.00. The van der Waals surface area contributed by atoms with E-state index in [4.69, 9.17) is 7.85 Å². The predicted molar refractivity (Wildman–Crippen MR) is 38.6 cm³/mol. The maximum absolute atomic E-state index is 5.51. The van der Waals surface area contributed by atoms with Gasteiger partial charge in [-0.05, 0) is 24.2 Å². The minimum atomic E-state index is 0.726. The van der Waals surface area contributed by atoms with Crippen molar-refractivity contribution in [1.29, 1.82) is 0 Å². The van der Waals surface area contributed by atoms with Crippen LogP contribution in [0.15, 0.2) is 0 Å². The SMILES string of the molecule is [B]CC1CC2(CNC2)C1. The molecule has 1 saturated carbocycles. The first-order valence-electron chi connectivity index (χ1n) is 3.75. The maximum Gasteiger partial charge on any atom is 0.0656 e. The minimum absolute atomic E-state index is 0.726. The Bertz CT molecular complexity index is 112. The van der Waals surface area contributed by atoms with Crippen molar-refractivity contribution >= 4 is 7.85 Å². The zero-order valence-electron chi connectivity index (χ0n) is 5.69. The predicted octanol–water partition coefficient (Wildman–Crippen LogP) is 0.573. The molecule has 2 fully saturated rings. The molecule has 1 heterocycles. The maximum atomic E-state index is 5.51. The lowest BCUT2D eigenvalue weighted by atomic mass is 9.56. The van der Waals surface area contributed by atoms with Gasteiger partial charge in [-0.15, -0.1) is 0 Å². The van der Waals surface area contributed by atoms with Crippen LogP contribution in [0.1, 0.15) is 12.8 Å². The molecule has 2 rings (SSSR count). The first-order chi connectivity index (χ1) is 4.35. The molecular weight excluding hydrogens is 109 g/mol. The average molecular weight is 121 g/mol. The van der Waals surface area contributed by atoms with E-state index in [2.05, 4.69) is 5.32 Å². The molecule has 2 heteroatoms. The van der Waals surface area contributed by atoms with E-state index in [1.54, 1.807) is 0 Å². The third-order valence-electron chi connectivity index (χ3n) is 2.78. The third kappa shape index (κ3) is 0.726. The summed E-state index contributed by atoms with van der Waals surface area (Å²) in [6.07, 6.45) is 3.68. The van der Waals surface area contributed by atoms with E-state index < -0.39 is 0 Å². The molecule has 0 aromatic heterocycles. The van der Waals surface area contributed by atoms with Crippen molar-refractivity contribution in [3.05, 3.63) is 0 Å². The van der Waals surface area contributed by atoms with Crippen molar-refractivity contribution in [2.75, 3.05) is 13.1 Å². The lowest BCUT2D eigenvalue weighted by Crippen LogP contribution is -2.60. The fourth-order valence-electron chi connectivity index (χ4n) is 2.10. The van der Waals surface area contributed by atoms with Gasteiger partial charge >= 0.3 is 0 Å². The number of hydrogen-bond acceptors (Lipinski definition) is 1. The van der Waals surface area contributed by atoms with Crippen LogP contribution < -0.4 is 5.32 Å². The Morgan fingerprint density at radius 1 is 1.44 bits per heavy atom. The molecule has 0 atom stereocenters. The van der Waals surface area contributed by atoms with E-state index in [1.807, 2.05) is 0 Å². The van der Waals surface area contributed by atoms with Gasteiger partial charge in [0.1, 0.15) is 0 Å². The van der Waals surface area contributed by atoms with Crippen molar-refractivity contribution in [2.24, 2.45) is 11.3 Å². The summed E-state index contributed by atoms with van der Waals surface area (Å²) in [5.41, 5.74) is 0.726. The molecule has 0 unspecified atom stereocenters. The molecule has 1 saturated heterocycles. The molecule has 1 nitrogen and oxygen atoms in total. The second-order valence-corrected chi connectivity index (χ2v) is 3.61. The van der Waals surface area contributed by atoms with E-state index in [-0.39, 0.29) is 0 Å². The third-order valence-corrected chi connectivity index (χ3v) is 2.78. The molecule has 48 valence electrons. The fourth-order valence-corrected chi connectivity index (χ4v) is 2.10. The van der Waals surface area contributed by atoms with Gasteiger partial charge in [0.15, 0.2) is 0 Å². The molecule has 0 amide bonds. The van der Waals surface area contributed by atoms with Crippen LogP contribution in [0.5, 0.6) is 0 Å². The summed E-state index contributed by atoms with van der Waals surface area (Å²) in [4.78, 5) is 0. The molecular formula is C7H12BN. The zero-order valence-corrected chi connectivity index (χ0v) is 5.69. The molecule has 2 radical (unpaired) electrons. The van der Waals surface area contributed by atoms with E-state index >= 15 is 0 Å². The van der Waals surface area contributed by atoms with Crippen LogP contribution >= 0.6 is 0 Å². The summed E-state index contributed by atoms with van der Waals surface area (Å²) in [6, 6.07) is 0. The van der Waals surface area contributed by atoms with Gasteiger partial charge in [0.25, 0.3) is 0 Å². The highest BCUT2D eigenvalue weighted by Gasteiger charge is 2.46. The minimum Gasteiger partial charge on any atom is -0.316 e. The van der Waals surface area contributed by atoms with Crippen molar-refractivity contribution in [1.82, 2.24) is 5.32 Å². The first kappa shape index (κ1) is 5.78. The van der Waals surface area contributed by atoms with Crippen molar-refractivity contribution in [3.8, 4) is 0 Å². The number of nitrogens with one attached hydrogen (secondary N) is 1. The summed E-state index contributed by atoms with van der Waals surface area (Å²) in [5.74, 6) is 0.854. The number of rotatable bonds is 1. The Labute approximate surface area is 57.6 Å². The van der Waals surface area contributed by atoms with Gasteiger partial charge in [-0.1, -0.05) is 6.32 Å². The van der Waals surface area contributed by atoms with E-state index in [1.165, 1.54) is 25.9 Å². The topological polar surface area (TPSA) is 12.0 Å². The molecule has 0 bridgehead atoms. The second-order valence-electron chi connectivity index (χ2n) is 3.61. The quantitative estimate of drug-likeness (QED) is 0.500. The van der Waals surface area contributed by atoms with E-state index in [9.17, 15) is 0 Å². The largest absolute Gasteiger partial charge is 0.316 e. The van der Waals surface area contributed by atoms with Crippen LogP contribution in [0.25, 0.3) is 0 Å².